The predicted molar refractivity (Wildman–Crippen MR) is 139 cm³/mol. The van der Waals surface area contributed by atoms with E-state index in [-0.39, 0.29) is 30.1 Å². The smallest absolute Gasteiger partial charge is 0.240 e. The summed E-state index contributed by atoms with van der Waals surface area (Å²) in [5.74, 6) is 0.249. The van der Waals surface area contributed by atoms with Crippen LogP contribution in [-0.4, -0.2) is 58.1 Å². The minimum Gasteiger partial charge on any atom is -0.365 e. The van der Waals surface area contributed by atoms with Gasteiger partial charge >= 0.3 is 0 Å². The number of fused-ring (bicyclic) bond motifs is 1. The molecule has 0 aliphatic carbocycles. The molecule has 1 N–H and O–H groups in total. The molecule has 0 bridgehead atoms. The molecule has 0 spiro atoms. The second kappa shape index (κ2) is 9.40. The number of piperazine rings is 1. The highest BCUT2D eigenvalue weighted by atomic mass is 35.5. The SMILES string of the molecule is CC(c1ccc(Cl)cc1Cl)n1cnc2ccc(N3C[C@@H](C)N(C(=O)C4CCCN4)C[C@@H]3C)cc21. The van der Waals surface area contributed by atoms with E-state index in [2.05, 4.69) is 63.6 Å². The topological polar surface area (TPSA) is 53.4 Å². The van der Waals surface area contributed by atoms with E-state index >= 15 is 0 Å². The third-order valence-electron chi connectivity index (χ3n) is 7.35. The number of aromatic nitrogens is 2. The lowest BCUT2D eigenvalue weighted by Gasteiger charge is -2.46. The van der Waals surface area contributed by atoms with Crippen LogP contribution in [0.15, 0.2) is 42.7 Å². The van der Waals surface area contributed by atoms with Crippen LogP contribution in [0.3, 0.4) is 0 Å². The van der Waals surface area contributed by atoms with Crippen LogP contribution in [0, 0.1) is 0 Å². The number of rotatable bonds is 4. The highest BCUT2D eigenvalue weighted by Gasteiger charge is 2.36. The maximum atomic E-state index is 13.1. The molecular formula is C26H31Cl2N5O. The van der Waals surface area contributed by atoms with E-state index in [4.69, 9.17) is 23.2 Å². The second-order valence-corrected chi connectivity index (χ2v) is 10.5. The Labute approximate surface area is 210 Å². The third-order valence-corrected chi connectivity index (χ3v) is 7.91. The first-order valence-electron chi connectivity index (χ1n) is 12.1. The normalized spacial score (nSPS) is 24.1. The van der Waals surface area contributed by atoms with Crippen LogP contribution in [0.5, 0.6) is 0 Å². The first-order valence-corrected chi connectivity index (χ1v) is 12.8. The van der Waals surface area contributed by atoms with E-state index < -0.39 is 0 Å². The van der Waals surface area contributed by atoms with E-state index in [9.17, 15) is 4.79 Å². The van der Waals surface area contributed by atoms with Crippen molar-refractivity contribution in [1.82, 2.24) is 19.8 Å². The van der Waals surface area contributed by atoms with E-state index in [1.165, 1.54) is 0 Å². The number of halogens is 2. The molecule has 2 aliphatic rings. The molecule has 5 rings (SSSR count). The molecule has 1 aromatic heterocycles. The predicted octanol–water partition coefficient (Wildman–Crippen LogP) is 5.13. The molecule has 4 atom stereocenters. The van der Waals surface area contributed by atoms with Crippen molar-refractivity contribution in [3.8, 4) is 0 Å². The summed E-state index contributed by atoms with van der Waals surface area (Å²) in [5.41, 5.74) is 4.16. The minimum atomic E-state index is -0.0203. The monoisotopic (exact) mass is 499 g/mol. The van der Waals surface area contributed by atoms with Crippen LogP contribution >= 0.6 is 23.2 Å². The van der Waals surface area contributed by atoms with Crippen molar-refractivity contribution in [3.63, 3.8) is 0 Å². The number of hydrogen-bond acceptors (Lipinski definition) is 4. The number of hydrogen-bond donors (Lipinski definition) is 1. The lowest BCUT2D eigenvalue weighted by molar-refractivity contribution is -0.136. The molecule has 180 valence electrons. The van der Waals surface area contributed by atoms with Crippen molar-refractivity contribution in [2.45, 2.75) is 57.8 Å². The number of imidazole rings is 1. The lowest BCUT2D eigenvalue weighted by atomic mass is 10.0. The van der Waals surface area contributed by atoms with Crippen molar-refractivity contribution in [1.29, 1.82) is 0 Å². The molecule has 6 nitrogen and oxygen atoms in total. The first-order chi connectivity index (χ1) is 16.3. The van der Waals surface area contributed by atoms with Gasteiger partial charge in [0.25, 0.3) is 0 Å². The molecule has 34 heavy (non-hydrogen) atoms. The quantitative estimate of drug-likeness (QED) is 0.540. The molecular weight excluding hydrogens is 469 g/mol. The Kier molecular flexibility index (Phi) is 6.49. The van der Waals surface area contributed by atoms with Crippen LogP contribution < -0.4 is 10.2 Å². The fraction of sp³-hybridized carbons (Fsp3) is 0.462. The van der Waals surface area contributed by atoms with Gasteiger partial charge < -0.3 is 19.7 Å². The van der Waals surface area contributed by atoms with Gasteiger partial charge in [0.1, 0.15) is 0 Å². The molecule has 2 unspecified atom stereocenters. The molecule has 3 aromatic rings. The summed E-state index contributed by atoms with van der Waals surface area (Å²) in [6, 6.07) is 12.4. The van der Waals surface area contributed by atoms with E-state index in [1.54, 1.807) is 6.07 Å². The highest BCUT2D eigenvalue weighted by Crippen LogP contribution is 2.33. The third kappa shape index (κ3) is 4.28. The summed E-state index contributed by atoms with van der Waals surface area (Å²) in [7, 11) is 0. The van der Waals surface area contributed by atoms with Crippen LogP contribution in [-0.2, 0) is 4.79 Å². The number of benzene rings is 2. The van der Waals surface area contributed by atoms with Gasteiger partial charge in [-0.2, -0.15) is 0 Å². The van der Waals surface area contributed by atoms with Gasteiger partial charge in [-0.05, 0) is 76.1 Å². The summed E-state index contributed by atoms with van der Waals surface area (Å²) in [4.78, 5) is 22.2. The summed E-state index contributed by atoms with van der Waals surface area (Å²) in [6.07, 6.45) is 3.89. The standard InChI is InChI=1S/C26H31Cl2N5O/c1-16-14-32(26(34)24-5-4-10-29-24)17(2)13-31(16)20-7-9-23-25(12-20)33(15-30-23)18(3)21-8-6-19(27)11-22(21)28/h6-9,11-12,15-18,24,29H,4-5,10,13-14H2,1-3H3/t16-,17+,18?,24?/m0/s1. The molecule has 1 amide bonds. The summed E-state index contributed by atoms with van der Waals surface area (Å²) in [5, 5.41) is 4.63. The molecule has 0 saturated carbocycles. The van der Waals surface area contributed by atoms with E-state index in [0.717, 1.165) is 54.8 Å². The van der Waals surface area contributed by atoms with Gasteiger partial charge in [0.15, 0.2) is 0 Å². The number of nitrogens with zero attached hydrogens (tertiary/aromatic N) is 4. The fourth-order valence-electron chi connectivity index (χ4n) is 5.38. The average molecular weight is 500 g/mol. The lowest BCUT2D eigenvalue weighted by Crippen LogP contribution is -2.60. The largest absolute Gasteiger partial charge is 0.365 e. The van der Waals surface area contributed by atoms with Crippen molar-refractivity contribution in [2.75, 3.05) is 24.5 Å². The first kappa shape index (κ1) is 23.5. The second-order valence-electron chi connectivity index (χ2n) is 9.66. The van der Waals surface area contributed by atoms with Gasteiger partial charge in [0, 0.05) is 40.9 Å². The van der Waals surface area contributed by atoms with Gasteiger partial charge in [-0.25, -0.2) is 4.98 Å². The van der Waals surface area contributed by atoms with Gasteiger partial charge in [-0.15, -0.1) is 0 Å². The van der Waals surface area contributed by atoms with E-state index in [0.29, 0.717) is 10.0 Å². The van der Waals surface area contributed by atoms with Gasteiger partial charge in [0.2, 0.25) is 5.91 Å². The Balaban J connectivity index is 1.41. The summed E-state index contributed by atoms with van der Waals surface area (Å²) < 4.78 is 2.16. The van der Waals surface area contributed by atoms with Crippen molar-refractivity contribution >= 4 is 45.8 Å². The molecule has 8 heteroatoms. The van der Waals surface area contributed by atoms with Gasteiger partial charge in [-0.3, -0.25) is 4.79 Å². The number of carbonyl (C=O) groups excluding carboxylic acids is 1. The number of carbonyl (C=O) groups is 1. The molecule has 2 fully saturated rings. The fourth-order valence-corrected chi connectivity index (χ4v) is 5.95. The highest BCUT2D eigenvalue weighted by molar-refractivity contribution is 6.35. The Morgan fingerprint density at radius 3 is 2.68 bits per heavy atom. The van der Waals surface area contributed by atoms with Gasteiger partial charge in [0.05, 0.1) is 29.4 Å². The van der Waals surface area contributed by atoms with Crippen molar-refractivity contribution < 1.29 is 4.79 Å². The van der Waals surface area contributed by atoms with Crippen LogP contribution in [0.25, 0.3) is 11.0 Å². The zero-order chi connectivity index (χ0) is 24.0. The van der Waals surface area contributed by atoms with Crippen LogP contribution in [0.4, 0.5) is 5.69 Å². The number of nitrogens with one attached hydrogen (secondary N) is 1. The number of anilines is 1. The Hall–Kier alpha value is -2.28. The maximum absolute atomic E-state index is 13.1. The summed E-state index contributed by atoms with van der Waals surface area (Å²) in [6.45, 7) is 8.94. The number of amides is 1. The Morgan fingerprint density at radius 1 is 1.12 bits per heavy atom. The van der Waals surface area contributed by atoms with Crippen LogP contribution in [0.1, 0.15) is 45.2 Å². The van der Waals surface area contributed by atoms with Crippen molar-refractivity contribution in [3.05, 3.63) is 58.3 Å². The zero-order valence-corrected chi connectivity index (χ0v) is 21.4. The minimum absolute atomic E-state index is 0.00902. The van der Waals surface area contributed by atoms with E-state index in [1.807, 2.05) is 18.5 Å². The van der Waals surface area contributed by atoms with Gasteiger partial charge in [-0.1, -0.05) is 29.3 Å². The molecule has 2 aliphatic heterocycles. The average Bonchev–Trinajstić information content (AvgIpc) is 3.49. The van der Waals surface area contributed by atoms with Crippen LogP contribution in [0.2, 0.25) is 10.0 Å². The molecule has 2 saturated heterocycles. The molecule has 2 aromatic carbocycles. The molecule has 0 radical (unpaired) electrons. The van der Waals surface area contributed by atoms with Crippen molar-refractivity contribution in [2.24, 2.45) is 0 Å². The Morgan fingerprint density at radius 2 is 1.94 bits per heavy atom. The molecule has 3 heterocycles. The maximum Gasteiger partial charge on any atom is 0.240 e. The summed E-state index contributed by atoms with van der Waals surface area (Å²) >= 11 is 12.6. The zero-order valence-electron chi connectivity index (χ0n) is 19.8. The Bertz CT molecular complexity index is 1210.